The van der Waals surface area contributed by atoms with E-state index in [4.69, 9.17) is 9.47 Å². The van der Waals surface area contributed by atoms with Crippen molar-refractivity contribution < 1.29 is 36.9 Å². The maximum Gasteiger partial charge on any atom is 0.573 e. The van der Waals surface area contributed by atoms with E-state index in [0.717, 1.165) is 21.6 Å². The van der Waals surface area contributed by atoms with Gasteiger partial charge in [0.25, 0.3) is 0 Å². The van der Waals surface area contributed by atoms with Crippen LogP contribution in [0.15, 0.2) is 65.6 Å². The molecule has 0 atom stereocenters. The normalized spacial score (nSPS) is 11.1. The van der Waals surface area contributed by atoms with Gasteiger partial charge in [0.2, 0.25) is 0 Å². The number of ether oxygens (including phenoxy) is 4. The molecule has 0 bridgehead atoms. The molecule has 0 heterocycles. The molecule has 180 valence electrons. The second-order valence-corrected chi connectivity index (χ2v) is 8.22. The summed E-state index contributed by atoms with van der Waals surface area (Å²) in [5.41, 5.74) is 3.22. The zero-order chi connectivity index (χ0) is 24.7. The van der Waals surface area contributed by atoms with Crippen molar-refractivity contribution in [2.24, 2.45) is 0 Å². The van der Waals surface area contributed by atoms with Gasteiger partial charge in [-0.15, -0.1) is 24.9 Å². The quantitative estimate of drug-likeness (QED) is 0.254. The van der Waals surface area contributed by atoms with Gasteiger partial charge >= 0.3 is 12.3 Å². The minimum Gasteiger partial charge on any atom is -0.495 e. The zero-order valence-electron chi connectivity index (χ0n) is 18.8. The van der Waals surface area contributed by atoms with Crippen molar-refractivity contribution in [3.05, 3.63) is 71.8 Å². The molecule has 3 rings (SSSR count). The van der Waals surface area contributed by atoms with Gasteiger partial charge in [-0.2, -0.15) is 0 Å². The molecule has 0 spiro atoms. The lowest BCUT2D eigenvalue weighted by Gasteiger charge is -2.14. The number of hydrogen-bond donors (Lipinski definition) is 0. The Hall–Kier alpha value is -3.33. The monoisotopic (exact) mass is 492 g/mol. The highest BCUT2D eigenvalue weighted by Crippen LogP contribution is 2.37. The first-order chi connectivity index (χ1) is 16.2. The number of methoxy groups -OCH3 is 2. The third-order valence-electron chi connectivity index (χ3n) is 4.76. The molecule has 9 heteroatoms. The topological polar surface area (TPSA) is 54.0 Å². The van der Waals surface area contributed by atoms with Gasteiger partial charge in [-0.3, -0.25) is 0 Å². The molecule has 3 aromatic rings. The molecule has 0 unspecified atom stereocenters. The lowest BCUT2D eigenvalue weighted by atomic mass is 10.0. The molecule has 0 aliphatic carbocycles. The van der Waals surface area contributed by atoms with Crippen LogP contribution in [0.1, 0.15) is 11.1 Å². The smallest absolute Gasteiger partial charge is 0.495 e. The molecule has 0 radical (unpaired) electrons. The van der Waals surface area contributed by atoms with Crippen LogP contribution in [-0.4, -0.2) is 33.2 Å². The third-order valence-corrected chi connectivity index (χ3v) is 5.86. The molecule has 0 aliphatic heterocycles. The number of benzene rings is 3. The van der Waals surface area contributed by atoms with Crippen LogP contribution in [0.25, 0.3) is 11.1 Å². The van der Waals surface area contributed by atoms with Gasteiger partial charge in [-0.25, -0.2) is 4.79 Å². The van der Waals surface area contributed by atoms with Crippen LogP contribution in [0.5, 0.6) is 17.2 Å². The molecule has 3 aromatic carbocycles. The summed E-state index contributed by atoms with van der Waals surface area (Å²) >= 11 is 1.55. The van der Waals surface area contributed by atoms with Gasteiger partial charge in [-0.1, -0.05) is 36.4 Å². The van der Waals surface area contributed by atoms with Crippen LogP contribution in [0, 0.1) is 6.92 Å². The van der Waals surface area contributed by atoms with E-state index in [2.05, 4.69) is 9.47 Å². The first-order valence-corrected chi connectivity index (χ1v) is 11.1. The summed E-state index contributed by atoms with van der Waals surface area (Å²) in [6.07, 6.45) is -4.74. The summed E-state index contributed by atoms with van der Waals surface area (Å²) in [6.45, 7) is 1.67. The van der Waals surface area contributed by atoms with Crippen LogP contribution in [0.2, 0.25) is 0 Å². The van der Waals surface area contributed by atoms with E-state index in [0.29, 0.717) is 22.8 Å². The standard InChI is InChI=1S/C25H23F3O5S/c1-16-10-23(22(30-2)13-21(16)32-14-24(29)31-3)34-15-17-6-4-7-18(11-17)19-8-5-9-20(12-19)33-25(26,27)28/h4-13H,14-15H2,1-3H3. The van der Waals surface area contributed by atoms with Gasteiger partial charge in [-0.05, 0) is 47.4 Å². The predicted octanol–water partition coefficient (Wildman–Crippen LogP) is 6.41. The molecule has 5 nitrogen and oxygen atoms in total. The highest BCUT2D eigenvalue weighted by molar-refractivity contribution is 7.98. The summed E-state index contributed by atoms with van der Waals surface area (Å²) < 4.78 is 57.3. The number of esters is 1. The Morgan fingerprint density at radius 1 is 0.941 bits per heavy atom. The van der Waals surface area contributed by atoms with Crippen molar-refractivity contribution in [2.45, 2.75) is 23.9 Å². The van der Waals surface area contributed by atoms with Gasteiger partial charge < -0.3 is 18.9 Å². The van der Waals surface area contributed by atoms with E-state index in [1.807, 2.05) is 37.3 Å². The molecule has 0 saturated carbocycles. The fourth-order valence-corrected chi connectivity index (χ4v) is 4.19. The zero-order valence-corrected chi connectivity index (χ0v) is 19.6. The number of carbonyl (C=O) groups excluding carboxylic acids is 1. The molecule has 0 fully saturated rings. The molecular formula is C25H23F3O5S. The summed E-state index contributed by atoms with van der Waals surface area (Å²) in [7, 11) is 2.84. The summed E-state index contributed by atoms with van der Waals surface area (Å²) in [4.78, 5) is 12.2. The van der Waals surface area contributed by atoms with Gasteiger partial charge in [0.1, 0.15) is 17.2 Å². The van der Waals surface area contributed by atoms with E-state index in [9.17, 15) is 18.0 Å². The molecular weight excluding hydrogens is 469 g/mol. The third kappa shape index (κ3) is 7.08. The molecule has 0 saturated heterocycles. The fourth-order valence-electron chi connectivity index (χ4n) is 3.14. The van der Waals surface area contributed by atoms with Crippen LogP contribution in [-0.2, 0) is 15.3 Å². The first kappa shape index (κ1) is 25.3. The van der Waals surface area contributed by atoms with Gasteiger partial charge in [0.05, 0.1) is 19.1 Å². The number of carbonyl (C=O) groups is 1. The molecule has 0 amide bonds. The van der Waals surface area contributed by atoms with E-state index in [1.165, 1.54) is 25.3 Å². The fraction of sp³-hybridized carbons (Fsp3) is 0.240. The van der Waals surface area contributed by atoms with E-state index >= 15 is 0 Å². The number of thioether (sulfide) groups is 1. The molecule has 34 heavy (non-hydrogen) atoms. The lowest BCUT2D eigenvalue weighted by molar-refractivity contribution is -0.274. The van der Waals surface area contributed by atoms with Crippen LogP contribution in [0.4, 0.5) is 13.2 Å². The largest absolute Gasteiger partial charge is 0.573 e. The SMILES string of the molecule is COC(=O)COc1cc(OC)c(SCc2cccc(-c3cccc(OC(F)(F)F)c3)c2)cc1C. The Labute approximate surface area is 199 Å². The number of halogens is 3. The van der Waals surface area contributed by atoms with E-state index in [-0.39, 0.29) is 12.4 Å². The van der Waals surface area contributed by atoms with Crippen molar-refractivity contribution in [1.82, 2.24) is 0 Å². The second kappa shape index (κ2) is 11.2. The Bertz CT molecular complexity index is 1150. The minimum atomic E-state index is -4.74. The van der Waals surface area contributed by atoms with Crippen molar-refractivity contribution in [3.8, 4) is 28.4 Å². The van der Waals surface area contributed by atoms with Gasteiger partial charge in [0, 0.05) is 11.8 Å². The number of aryl methyl sites for hydroxylation is 1. The van der Waals surface area contributed by atoms with E-state index < -0.39 is 12.3 Å². The number of hydrogen-bond acceptors (Lipinski definition) is 6. The van der Waals surface area contributed by atoms with E-state index in [1.54, 1.807) is 31.0 Å². The van der Waals surface area contributed by atoms with Crippen LogP contribution in [0.3, 0.4) is 0 Å². The highest BCUT2D eigenvalue weighted by atomic mass is 32.2. The summed E-state index contributed by atoms with van der Waals surface area (Å²) in [5.74, 6) is 0.981. The Morgan fingerprint density at radius 2 is 1.65 bits per heavy atom. The van der Waals surface area contributed by atoms with Crippen molar-refractivity contribution in [3.63, 3.8) is 0 Å². The highest BCUT2D eigenvalue weighted by Gasteiger charge is 2.31. The molecule has 0 aliphatic rings. The minimum absolute atomic E-state index is 0.199. The lowest BCUT2D eigenvalue weighted by Crippen LogP contribution is -2.17. The van der Waals surface area contributed by atoms with Gasteiger partial charge in [0.15, 0.2) is 6.61 Å². The van der Waals surface area contributed by atoms with Crippen molar-refractivity contribution >= 4 is 17.7 Å². The summed E-state index contributed by atoms with van der Waals surface area (Å²) in [6, 6.07) is 17.1. The Kier molecular flexibility index (Phi) is 8.33. The van der Waals surface area contributed by atoms with Crippen LogP contribution < -0.4 is 14.2 Å². The van der Waals surface area contributed by atoms with Crippen molar-refractivity contribution in [2.75, 3.05) is 20.8 Å². The van der Waals surface area contributed by atoms with Crippen molar-refractivity contribution in [1.29, 1.82) is 0 Å². The molecule has 0 aromatic heterocycles. The molecule has 0 N–H and O–H groups in total. The predicted molar refractivity (Wildman–Crippen MR) is 123 cm³/mol. The Balaban J connectivity index is 1.74. The average Bonchev–Trinajstić information content (AvgIpc) is 2.81. The average molecular weight is 493 g/mol. The Morgan fingerprint density at radius 3 is 2.32 bits per heavy atom. The maximum absolute atomic E-state index is 12.5. The number of rotatable bonds is 9. The first-order valence-electron chi connectivity index (χ1n) is 10.1. The number of alkyl halides is 3. The van der Waals surface area contributed by atoms with Crippen LogP contribution >= 0.6 is 11.8 Å². The maximum atomic E-state index is 12.5. The second-order valence-electron chi connectivity index (χ2n) is 7.20. The summed E-state index contributed by atoms with van der Waals surface area (Å²) in [5, 5.41) is 0.